The van der Waals surface area contributed by atoms with Crippen LogP contribution in [-0.2, 0) is 4.79 Å². The van der Waals surface area contributed by atoms with Crippen molar-refractivity contribution in [2.24, 2.45) is 0 Å². The molecular formula is C19H15N5OS. The summed E-state index contributed by atoms with van der Waals surface area (Å²) in [7, 11) is 0. The van der Waals surface area contributed by atoms with Gasteiger partial charge in [-0.1, -0.05) is 36.4 Å². The molecule has 128 valence electrons. The van der Waals surface area contributed by atoms with Gasteiger partial charge < -0.3 is 5.32 Å². The fourth-order valence-corrected chi connectivity index (χ4v) is 3.24. The Balaban J connectivity index is 1.60. The minimum absolute atomic E-state index is 0.232. The summed E-state index contributed by atoms with van der Waals surface area (Å²) in [5.74, 6) is 0.267. The minimum Gasteiger partial charge on any atom is -0.321 e. The number of amides is 1. The second-order valence-corrected chi connectivity index (χ2v) is 6.40. The van der Waals surface area contributed by atoms with Crippen molar-refractivity contribution in [1.82, 2.24) is 19.8 Å². The Morgan fingerprint density at radius 2 is 1.92 bits per heavy atom. The molecule has 6 nitrogen and oxygen atoms in total. The predicted octanol–water partition coefficient (Wildman–Crippen LogP) is 3.65. The van der Waals surface area contributed by atoms with E-state index in [1.54, 1.807) is 28.6 Å². The second-order valence-electron chi connectivity index (χ2n) is 5.55. The number of benzene rings is 2. The number of thioether (sulfide) groups is 1. The molecule has 0 aliphatic carbocycles. The van der Waals surface area contributed by atoms with Crippen LogP contribution in [0.4, 0.5) is 5.69 Å². The van der Waals surface area contributed by atoms with Crippen molar-refractivity contribution >= 4 is 45.9 Å². The topological polar surface area (TPSA) is 72.2 Å². The molecule has 7 heteroatoms. The fraction of sp³-hybridized carbons (Fsp3) is 0.0526. The summed E-state index contributed by atoms with van der Waals surface area (Å²) in [4.78, 5) is 13.2. The van der Waals surface area contributed by atoms with Crippen LogP contribution < -0.4 is 5.32 Å². The quantitative estimate of drug-likeness (QED) is 0.444. The minimum atomic E-state index is -0.232. The van der Waals surface area contributed by atoms with Crippen LogP contribution in [0.15, 0.2) is 65.7 Å². The third-order valence-electron chi connectivity index (χ3n) is 3.93. The molecule has 4 rings (SSSR count). The molecule has 4 aromatic rings. The van der Waals surface area contributed by atoms with Crippen LogP contribution in [0.1, 0.15) is 5.82 Å². The van der Waals surface area contributed by atoms with Crippen LogP contribution >= 0.6 is 11.8 Å². The Morgan fingerprint density at radius 1 is 1.12 bits per heavy atom. The van der Waals surface area contributed by atoms with E-state index in [2.05, 4.69) is 20.6 Å². The van der Waals surface area contributed by atoms with E-state index in [1.807, 2.05) is 54.8 Å². The first-order valence-corrected chi connectivity index (χ1v) is 9.20. The summed E-state index contributed by atoms with van der Waals surface area (Å²) in [6.07, 6.45) is 6.78. The maximum Gasteiger partial charge on any atom is 0.248 e. The van der Waals surface area contributed by atoms with Crippen molar-refractivity contribution in [3.63, 3.8) is 0 Å². The molecule has 0 fully saturated rings. The van der Waals surface area contributed by atoms with Gasteiger partial charge in [0.1, 0.15) is 0 Å². The first kappa shape index (κ1) is 16.3. The number of aromatic nitrogens is 4. The van der Waals surface area contributed by atoms with E-state index in [4.69, 9.17) is 0 Å². The fourth-order valence-electron chi connectivity index (χ4n) is 2.68. The zero-order valence-electron chi connectivity index (χ0n) is 14.0. The third kappa shape index (κ3) is 3.04. The van der Waals surface area contributed by atoms with Gasteiger partial charge >= 0.3 is 0 Å². The summed E-state index contributed by atoms with van der Waals surface area (Å²) < 4.78 is 1.63. The summed E-state index contributed by atoms with van der Waals surface area (Å²) in [5, 5.41) is 17.5. The summed E-state index contributed by atoms with van der Waals surface area (Å²) >= 11 is 1.58. The van der Waals surface area contributed by atoms with E-state index in [0.29, 0.717) is 11.5 Å². The number of carbonyl (C=O) groups excluding carboxylic acids is 1. The Kier molecular flexibility index (Phi) is 4.37. The van der Waals surface area contributed by atoms with Crippen molar-refractivity contribution in [2.45, 2.75) is 4.90 Å². The molecule has 0 saturated heterocycles. The Labute approximate surface area is 153 Å². The molecule has 1 N–H and O–H groups in total. The molecule has 2 heterocycles. The zero-order chi connectivity index (χ0) is 17.9. The Hall–Kier alpha value is -3.19. The van der Waals surface area contributed by atoms with Gasteiger partial charge in [0.25, 0.3) is 0 Å². The standard InChI is InChI=1S/C19H15N5OS/c1-26-16-9-5-4-8-15(16)21-18(25)11-10-17-22-23-19-14-7-3-2-6-13(14)12-20-24(17)19/h2-12H,1H3,(H,21,25). The number of nitrogens with zero attached hydrogens (tertiary/aromatic N) is 4. The van der Waals surface area contributed by atoms with E-state index in [-0.39, 0.29) is 5.91 Å². The Bertz CT molecular complexity index is 1140. The highest BCUT2D eigenvalue weighted by Crippen LogP contribution is 2.24. The van der Waals surface area contributed by atoms with E-state index in [9.17, 15) is 4.79 Å². The molecular weight excluding hydrogens is 346 g/mol. The first-order chi connectivity index (χ1) is 12.8. The number of nitrogens with one attached hydrogen (secondary N) is 1. The summed E-state index contributed by atoms with van der Waals surface area (Å²) in [6, 6.07) is 15.5. The molecule has 0 atom stereocenters. The van der Waals surface area contributed by atoms with Gasteiger partial charge in [-0.05, 0) is 24.5 Å². The van der Waals surface area contributed by atoms with Crippen molar-refractivity contribution in [3.8, 4) is 0 Å². The van der Waals surface area contributed by atoms with Crippen molar-refractivity contribution in [2.75, 3.05) is 11.6 Å². The monoisotopic (exact) mass is 361 g/mol. The lowest BCUT2D eigenvalue weighted by atomic mass is 10.2. The average Bonchev–Trinajstić information content (AvgIpc) is 3.10. The molecule has 0 unspecified atom stereocenters. The average molecular weight is 361 g/mol. The van der Waals surface area contributed by atoms with Gasteiger partial charge in [-0.25, -0.2) is 0 Å². The molecule has 0 radical (unpaired) electrons. The van der Waals surface area contributed by atoms with Gasteiger partial charge in [0, 0.05) is 21.7 Å². The Morgan fingerprint density at radius 3 is 2.81 bits per heavy atom. The maximum atomic E-state index is 12.2. The molecule has 26 heavy (non-hydrogen) atoms. The van der Waals surface area contributed by atoms with Crippen LogP contribution in [-0.4, -0.2) is 32.0 Å². The number of rotatable bonds is 4. The van der Waals surface area contributed by atoms with Gasteiger partial charge in [-0.3, -0.25) is 4.79 Å². The van der Waals surface area contributed by atoms with Gasteiger partial charge in [0.15, 0.2) is 11.5 Å². The summed E-state index contributed by atoms with van der Waals surface area (Å²) in [5.41, 5.74) is 1.45. The normalized spacial score (nSPS) is 11.4. The highest BCUT2D eigenvalue weighted by molar-refractivity contribution is 7.98. The van der Waals surface area contributed by atoms with Crippen LogP contribution in [0.3, 0.4) is 0 Å². The highest BCUT2D eigenvalue weighted by Gasteiger charge is 2.08. The number of carbonyl (C=O) groups is 1. The third-order valence-corrected chi connectivity index (χ3v) is 4.72. The van der Waals surface area contributed by atoms with E-state index in [1.165, 1.54) is 6.08 Å². The van der Waals surface area contributed by atoms with Crippen molar-refractivity contribution in [1.29, 1.82) is 0 Å². The van der Waals surface area contributed by atoms with Crippen molar-refractivity contribution < 1.29 is 4.79 Å². The van der Waals surface area contributed by atoms with Gasteiger partial charge in [0.2, 0.25) is 5.91 Å². The predicted molar refractivity (Wildman–Crippen MR) is 104 cm³/mol. The van der Waals surface area contributed by atoms with Crippen LogP contribution in [0.25, 0.3) is 22.5 Å². The molecule has 0 bridgehead atoms. The molecule has 2 aromatic carbocycles. The lowest BCUT2D eigenvalue weighted by Gasteiger charge is -2.06. The van der Waals surface area contributed by atoms with Crippen LogP contribution in [0, 0.1) is 0 Å². The van der Waals surface area contributed by atoms with Gasteiger partial charge in [0.05, 0.1) is 11.9 Å². The zero-order valence-corrected chi connectivity index (χ0v) is 14.8. The van der Waals surface area contributed by atoms with E-state index in [0.717, 1.165) is 21.4 Å². The van der Waals surface area contributed by atoms with E-state index >= 15 is 0 Å². The molecule has 0 spiro atoms. The molecule has 0 aliphatic rings. The first-order valence-electron chi connectivity index (χ1n) is 7.97. The summed E-state index contributed by atoms with van der Waals surface area (Å²) in [6.45, 7) is 0. The number of hydrogen-bond donors (Lipinski definition) is 1. The second kappa shape index (κ2) is 6.97. The maximum absolute atomic E-state index is 12.2. The molecule has 0 aliphatic heterocycles. The van der Waals surface area contributed by atoms with Crippen molar-refractivity contribution in [3.05, 3.63) is 66.6 Å². The highest BCUT2D eigenvalue weighted by atomic mass is 32.2. The number of hydrogen-bond acceptors (Lipinski definition) is 5. The van der Waals surface area contributed by atoms with Crippen LogP contribution in [0.2, 0.25) is 0 Å². The molecule has 1 amide bonds. The van der Waals surface area contributed by atoms with Gasteiger partial charge in [-0.15, -0.1) is 22.0 Å². The molecule has 0 saturated carbocycles. The van der Waals surface area contributed by atoms with Crippen LogP contribution in [0.5, 0.6) is 0 Å². The largest absolute Gasteiger partial charge is 0.321 e. The lowest BCUT2D eigenvalue weighted by Crippen LogP contribution is -2.08. The lowest BCUT2D eigenvalue weighted by molar-refractivity contribution is -0.111. The molecule has 2 aromatic heterocycles. The SMILES string of the molecule is CSc1ccccc1NC(=O)C=Cc1nnc2c3ccccc3cnn12. The smallest absolute Gasteiger partial charge is 0.248 e. The number of fused-ring (bicyclic) bond motifs is 3. The van der Waals surface area contributed by atoms with Gasteiger partial charge in [-0.2, -0.15) is 9.61 Å². The number of para-hydroxylation sites is 1. The van der Waals surface area contributed by atoms with E-state index < -0.39 is 0 Å². The number of anilines is 1.